The summed E-state index contributed by atoms with van der Waals surface area (Å²) < 4.78 is 5.12. The Kier molecular flexibility index (Phi) is 1.22. The van der Waals surface area contributed by atoms with Gasteiger partial charge in [0.05, 0.1) is 6.42 Å². The van der Waals surface area contributed by atoms with Gasteiger partial charge in [0.1, 0.15) is 6.10 Å². The number of hydrogen-bond donors (Lipinski definition) is 0. The minimum absolute atomic E-state index is 0.0156. The average Bonchev–Trinajstić information content (AvgIpc) is 2.21. The maximum absolute atomic E-state index is 10.7. The number of rotatable bonds is 0. The van der Waals surface area contributed by atoms with Crippen molar-refractivity contribution in [2.24, 2.45) is 11.8 Å². The molecule has 0 amide bonds. The van der Waals surface area contributed by atoms with Crippen molar-refractivity contribution in [3.63, 3.8) is 0 Å². The Morgan fingerprint density at radius 1 is 1.50 bits per heavy atom. The van der Waals surface area contributed by atoms with Gasteiger partial charge in [-0.1, -0.05) is 6.92 Å². The van der Waals surface area contributed by atoms with Crippen LogP contribution in [0, 0.1) is 11.8 Å². The van der Waals surface area contributed by atoms with Crippen LogP contribution in [-0.4, -0.2) is 12.1 Å². The van der Waals surface area contributed by atoms with E-state index in [0.29, 0.717) is 12.3 Å². The zero-order valence-electron chi connectivity index (χ0n) is 6.17. The standard InChI is InChI=1S/C8H12O2/c1-5-2-6-4-8(9)10-7(6)3-5/h5-7H,2-4H2,1H3. The molecule has 2 fully saturated rings. The van der Waals surface area contributed by atoms with E-state index in [9.17, 15) is 4.79 Å². The molecule has 3 atom stereocenters. The average molecular weight is 140 g/mol. The fourth-order valence-corrected chi connectivity index (χ4v) is 2.14. The van der Waals surface area contributed by atoms with Crippen LogP contribution in [0.4, 0.5) is 0 Å². The third-order valence-electron chi connectivity index (χ3n) is 2.58. The molecule has 0 aromatic heterocycles. The summed E-state index contributed by atoms with van der Waals surface area (Å²) in [6.07, 6.45) is 3.24. The molecular formula is C8H12O2. The lowest BCUT2D eigenvalue weighted by Gasteiger charge is -2.04. The smallest absolute Gasteiger partial charge is 0.306 e. The Labute approximate surface area is 60.6 Å². The van der Waals surface area contributed by atoms with Gasteiger partial charge in [0.25, 0.3) is 0 Å². The topological polar surface area (TPSA) is 26.3 Å². The van der Waals surface area contributed by atoms with E-state index in [4.69, 9.17) is 4.74 Å². The van der Waals surface area contributed by atoms with Crippen LogP contribution >= 0.6 is 0 Å². The summed E-state index contributed by atoms with van der Waals surface area (Å²) in [7, 11) is 0. The van der Waals surface area contributed by atoms with Gasteiger partial charge < -0.3 is 4.74 Å². The Hall–Kier alpha value is -0.530. The van der Waals surface area contributed by atoms with Crippen LogP contribution in [0.2, 0.25) is 0 Å². The Morgan fingerprint density at radius 3 is 3.00 bits per heavy atom. The lowest BCUT2D eigenvalue weighted by Crippen LogP contribution is -2.07. The second-order valence-electron chi connectivity index (χ2n) is 3.57. The van der Waals surface area contributed by atoms with Crippen molar-refractivity contribution >= 4 is 5.97 Å². The van der Waals surface area contributed by atoms with Gasteiger partial charge >= 0.3 is 5.97 Å². The maximum atomic E-state index is 10.7. The summed E-state index contributed by atoms with van der Waals surface area (Å²) in [5.74, 6) is 1.34. The van der Waals surface area contributed by atoms with E-state index >= 15 is 0 Å². The number of hydrogen-bond acceptors (Lipinski definition) is 2. The van der Waals surface area contributed by atoms with Crippen molar-refractivity contribution in [3.8, 4) is 0 Å². The van der Waals surface area contributed by atoms with Gasteiger partial charge in [0, 0.05) is 5.92 Å². The molecule has 1 aliphatic heterocycles. The predicted molar refractivity (Wildman–Crippen MR) is 36.4 cm³/mol. The molecule has 1 aliphatic carbocycles. The fraction of sp³-hybridized carbons (Fsp3) is 0.875. The number of carbonyl (C=O) groups is 1. The summed E-state index contributed by atoms with van der Waals surface area (Å²) in [5.41, 5.74) is 0. The molecule has 2 heteroatoms. The molecule has 0 aromatic carbocycles. The third-order valence-corrected chi connectivity index (χ3v) is 2.58. The van der Waals surface area contributed by atoms with Gasteiger partial charge in [-0.3, -0.25) is 4.79 Å². The third kappa shape index (κ3) is 0.825. The van der Waals surface area contributed by atoms with Crippen LogP contribution in [0.1, 0.15) is 26.2 Å². The van der Waals surface area contributed by atoms with Gasteiger partial charge in [-0.2, -0.15) is 0 Å². The van der Waals surface area contributed by atoms with Crippen LogP contribution in [-0.2, 0) is 9.53 Å². The number of carbonyl (C=O) groups excluding carboxylic acids is 1. The molecule has 0 bridgehead atoms. The molecule has 2 rings (SSSR count). The molecule has 2 aliphatic rings. The normalized spacial score (nSPS) is 45.3. The van der Waals surface area contributed by atoms with Gasteiger partial charge in [0.2, 0.25) is 0 Å². The van der Waals surface area contributed by atoms with Gasteiger partial charge in [0.15, 0.2) is 0 Å². The van der Waals surface area contributed by atoms with Gasteiger partial charge in [-0.05, 0) is 18.8 Å². The molecular weight excluding hydrogens is 128 g/mol. The van der Waals surface area contributed by atoms with Crippen molar-refractivity contribution in [1.29, 1.82) is 0 Å². The minimum Gasteiger partial charge on any atom is -0.462 e. The first kappa shape index (κ1) is 6.20. The van der Waals surface area contributed by atoms with Crippen LogP contribution in [0.3, 0.4) is 0 Å². The predicted octanol–water partition coefficient (Wildman–Crippen LogP) is 1.35. The molecule has 10 heavy (non-hydrogen) atoms. The molecule has 1 heterocycles. The van der Waals surface area contributed by atoms with Crippen LogP contribution in [0.5, 0.6) is 0 Å². The first-order valence-electron chi connectivity index (χ1n) is 3.95. The second-order valence-corrected chi connectivity index (χ2v) is 3.57. The number of ether oxygens (including phenoxy) is 1. The van der Waals surface area contributed by atoms with E-state index in [0.717, 1.165) is 12.3 Å². The molecule has 0 N–H and O–H groups in total. The molecule has 3 unspecified atom stereocenters. The van der Waals surface area contributed by atoms with Crippen LogP contribution in [0.25, 0.3) is 0 Å². The lowest BCUT2D eigenvalue weighted by atomic mass is 10.0. The van der Waals surface area contributed by atoms with Crippen molar-refractivity contribution in [1.82, 2.24) is 0 Å². The highest BCUT2D eigenvalue weighted by Gasteiger charge is 2.41. The molecule has 56 valence electrons. The van der Waals surface area contributed by atoms with E-state index < -0.39 is 0 Å². The second kappa shape index (κ2) is 1.97. The molecule has 2 nitrogen and oxygen atoms in total. The van der Waals surface area contributed by atoms with Gasteiger partial charge in [-0.25, -0.2) is 0 Å². The van der Waals surface area contributed by atoms with Crippen molar-refractivity contribution in [2.45, 2.75) is 32.3 Å². The monoisotopic (exact) mass is 140 g/mol. The molecule has 1 saturated heterocycles. The minimum atomic E-state index is 0.0156. The molecule has 1 saturated carbocycles. The largest absolute Gasteiger partial charge is 0.462 e. The van der Waals surface area contributed by atoms with Crippen LogP contribution < -0.4 is 0 Å². The zero-order valence-corrected chi connectivity index (χ0v) is 6.17. The van der Waals surface area contributed by atoms with Gasteiger partial charge in [-0.15, -0.1) is 0 Å². The Balaban J connectivity index is 2.06. The van der Waals surface area contributed by atoms with E-state index in [1.807, 2.05) is 0 Å². The van der Waals surface area contributed by atoms with E-state index in [1.54, 1.807) is 0 Å². The van der Waals surface area contributed by atoms with E-state index in [2.05, 4.69) is 6.92 Å². The molecule has 0 aromatic rings. The highest BCUT2D eigenvalue weighted by Crippen LogP contribution is 2.39. The number of esters is 1. The summed E-state index contributed by atoms with van der Waals surface area (Å²) in [6, 6.07) is 0. The van der Waals surface area contributed by atoms with Crippen molar-refractivity contribution < 1.29 is 9.53 Å². The first-order chi connectivity index (χ1) is 4.75. The summed E-state index contributed by atoms with van der Waals surface area (Å²) in [4.78, 5) is 10.7. The first-order valence-corrected chi connectivity index (χ1v) is 3.95. The van der Waals surface area contributed by atoms with Crippen molar-refractivity contribution in [2.75, 3.05) is 0 Å². The summed E-state index contributed by atoms with van der Waals surface area (Å²) in [6.45, 7) is 2.23. The van der Waals surface area contributed by atoms with E-state index in [-0.39, 0.29) is 12.1 Å². The highest BCUT2D eigenvalue weighted by molar-refractivity contribution is 5.72. The maximum Gasteiger partial charge on any atom is 0.306 e. The van der Waals surface area contributed by atoms with Crippen molar-refractivity contribution in [3.05, 3.63) is 0 Å². The van der Waals surface area contributed by atoms with E-state index in [1.165, 1.54) is 6.42 Å². The quantitative estimate of drug-likeness (QED) is 0.475. The SMILES string of the molecule is CC1CC2CC(=O)OC2C1. The Bertz CT molecular complexity index is 149. The zero-order chi connectivity index (χ0) is 7.14. The van der Waals surface area contributed by atoms with Crippen LogP contribution in [0.15, 0.2) is 0 Å². The lowest BCUT2D eigenvalue weighted by molar-refractivity contribution is -0.141. The molecule has 0 spiro atoms. The summed E-state index contributed by atoms with van der Waals surface area (Å²) >= 11 is 0. The Morgan fingerprint density at radius 2 is 2.30 bits per heavy atom. The highest BCUT2D eigenvalue weighted by atomic mass is 16.5. The molecule has 0 radical (unpaired) electrons. The number of fused-ring (bicyclic) bond motifs is 1. The fourth-order valence-electron chi connectivity index (χ4n) is 2.14. The summed E-state index contributed by atoms with van der Waals surface area (Å²) in [5, 5.41) is 0.